The van der Waals surface area contributed by atoms with E-state index in [1.165, 1.54) is 37.8 Å². The van der Waals surface area contributed by atoms with Crippen LogP contribution < -0.4 is 0 Å². The molecule has 0 aliphatic heterocycles. The number of aliphatic hydroxyl groups excluding tert-OH is 1. The molecule has 21 heavy (non-hydrogen) atoms. The summed E-state index contributed by atoms with van der Waals surface area (Å²) in [5.41, 5.74) is 1.16. The smallest absolute Gasteiger partial charge is 0.123 e. The highest BCUT2D eigenvalue weighted by Crippen LogP contribution is 2.36. The minimum absolute atomic E-state index is 0.283. The minimum Gasteiger partial charge on any atom is -0.388 e. The van der Waals surface area contributed by atoms with E-state index in [0.29, 0.717) is 23.4 Å². The maximum atomic E-state index is 13.2. The van der Waals surface area contributed by atoms with Gasteiger partial charge in [-0.15, -0.1) is 0 Å². The van der Waals surface area contributed by atoms with Crippen molar-refractivity contribution in [3.63, 3.8) is 0 Å². The van der Waals surface area contributed by atoms with Crippen molar-refractivity contribution in [2.24, 2.45) is 5.41 Å². The van der Waals surface area contributed by atoms with Gasteiger partial charge < -0.3 is 10.0 Å². The van der Waals surface area contributed by atoms with E-state index in [9.17, 15) is 9.50 Å². The van der Waals surface area contributed by atoms with E-state index < -0.39 is 6.10 Å². The van der Waals surface area contributed by atoms with E-state index in [1.54, 1.807) is 12.1 Å². The van der Waals surface area contributed by atoms with Crippen LogP contribution in [0.2, 0.25) is 0 Å². The van der Waals surface area contributed by atoms with E-state index in [4.69, 9.17) is 0 Å². The molecule has 1 aliphatic rings. The largest absolute Gasteiger partial charge is 0.388 e. The van der Waals surface area contributed by atoms with Gasteiger partial charge in [-0.1, -0.05) is 26.0 Å². The quantitative estimate of drug-likeness (QED) is 0.881. The fourth-order valence-electron chi connectivity index (χ4n) is 3.21. The van der Waals surface area contributed by atoms with Crippen LogP contribution in [0.5, 0.6) is 0 Å². The van der Waals surface area contributed by atoms with Gasteiger partial charge in [0.25, 0.3) is 0 Å². The van der Waals surface area contributed by atoms with Gasteiger partial charge in [-0.05, 0) is 62.3 Å². The molecule has 0 aromatic heterocycles. The molecule has 0 heterocycles. The molecule has 1 aromatic carbocycles. The Labute approximate surface area is 128 Å². The topological polar surface area (TPSA) is 23.5 Å². The molecule has 1 aromatic rings. The third-order valence-corrected chi connectivity index (χ3v) is 4.92. The Kier molecular flexibility index (Phi) is 5.39. The average molecular weight is 293 g/mol. The van der Waals surface area contributed by atoms with Gasteiger partial charge in [0, 0.05) is 12.6 Å². The fraction of sp³-hybridized carbons (Fsp3) is 0.667. The second-order valence-electron chi connectivity index (χ2n) is 7.24. The van der Waals surface area contributed by atoms with Crippen LogP contribution >= 0.6 is 0 Å². The molecule has 1 aliphatic carbocycles. The van der Waals surface area contributed by atoms with Crippen molar-refractivity contribution in [1.29, 1.82) is 0 Å². The predicted octanol–water partition coefficient (Wildman–Crippen LogP) is 4.15. The first-order chi connectivity index (χ1) is 9.87. The number of benzene rings is 1. The van der Waals surface area contributed by atoms with Crippen molar-refractivity contribution in [1.82, 2.24) is 4.90 Å². The van der Waals surface area contributed by atoms with Gasteiger partial charge in [-0.2, -0.15) is 0 Å². The molecule has 0 radical (unpaired) electrons. The molecular weight excluding hydrogens is 265 g/mol. The van der Waals surface area contributed by atoms with E-state index in [-0.39, 0.29) is 5.82 Å². The Hall–Kier alpha value is -0.930. The Balaban J connectivity index is 1.80. The number of rotatable bonds is 5. The SMILES string of the molecule is CN(CCC(O)c1cccc(F)c1)C1CCC(C)(C)CC1. The second kappa shape index (κ2) is 6.89. The van der Waals surface area contributed by atoms with Crippen LogP contribution in [-0.4, -0.2) is 29.6 Å². The first-order valence-corrected chi connectivity index (χ1v) is 8.01. The molecule has 3 heteroatoms. The van der Waals surface area contributed by atoms with Crippen molar-refractivity contribution in [2.45, 2.75) is 58.1 Å². The highest BCUT2D eigenvalue weighted by molar-refractivity contribution is 5.18. The number of hydrogen-bond donors (Lipinski definition) is 1. The summed E-state index contributed by atoms with van der Waals surface area (Å²) in [5.74, 6) is -0.283. The van der Waals surface area contributed by atoms with Crippen LogP contribution in [0.15, 0.2) is 24.3 Å². The van der Waals surface area contributed by atoms with Crippen molar-refractivity contribution in [3.05, 3.63) is 35.6 Å². The number of nitrogens with zero attached hydrogens (tertiary/aromatic N) is 1. The van der Waals surface area contributed by atoms with Crippen molar-refractivity contribution in [2.75, 3.05) is 13.6 Å². The highest BCUT2D eigenvalue weighted by Gasteiger charge is 2.28. The molecule has 2 nitrogen and oxygen atoms in total. The number of halogens is 1. The van der Waals surface area contributed by atoms with Crippen molar-refractivity contribution < 1.29 is 9.50 Å². The van der Waals surface area contributed by atoms with Crippen LogP contribution in [-0.2, 0) is 0 Å². The summed E-state index contributed by atoms with van der Waals surface area (Å²) in [6.45, 7) is 5.54. The van der Waals surface area contributed by atoms with Gasteiger partial charge in [0.05, 0.1) is 6.10 Å². The zero-order valence-electron chi connectivity index (χ0n) is 13.5. The molecule has 0 spiro atoms. The van der Waals surface area contributed by atoms with Gasteiger partial charge in [0.1, 0.15) is 5.82 Å². The Morgan fingerprint density at radius 3 is 2.62 bits per heavy atom. The molecule has 1 saturated carbocycles. The lowest BCUT2D eigenvalue weighted by Gasteiger charge is -2.38. The van der Waals surface area contributed by atoms with Crippen LogP contribution in [0, 0.1) is 11.2 Å². The number of hydrogen-bond acceptors (Lipinski definition) is 2. The maximum absolute atomic E-state index is 13.2. The lowest BCUT2D eigenvalue weighted by molar-refractivity contribution is 0.101. The minimum atomic E-state index is -0.580. The molecule has 0 bridgehead atoms. The van der Waals surface area contributed by atoms with E-state index in [2.05, 4.69) is 25.8 Å². The zero-order chi connectivity index (χ0) is 15.5. The van der Waals surface area contributed by atoms with Crippen LogP contribution in [0.3, 0.4) is 0 Å². The highest BCUT2D eigenvalue weighted by atomic mass is 19.1. The first-order valence-electron chi connectivity index (χ1n) is 8.01. The molecule has 1 fully saturated rings. The van der Waals surface area contributed by atoms with E-state index in [1.807, 2.05) is 0 Å². The molecule has 118 valence electrons. The molecule has 1 N–H and O–H groups in total. The molecule has 1 atom stereocenters. The number of aliphatic hydroxyl groups is 1. The monoisotopic (exact) mass is 293 g/mol. The maximum Gasteiger partial charge on any atom is 0.123 e. The summed E-state index contributed by atoms with van der Waals surface area (Å²) in [7, 11) is 2.14. The zero-order valence-corrected chi connectivity index (χ0v) is 13.5. The second-order valence-corrected chi connectivity index (χ2v) is 7.24. The lowest BCUT2D eigenvalue weighted by atomic mass is 9.75. The summed E-state index contributed by atoms with van der Waals surface area (Å²) in [5, 5.41) is 10.2. The van der Waals surface area contributed by atoms with Crippen LogP contribution in [0.25, 0.3) is 0 Å². The van der Waals surface area contributed by atoms with Crippen molar-refractivity contribution in [3.8, 4) is 0 Å². The molecule has 0 amide bonds. The van der Waals surface area contributed by atoms with Gasteiger partial charge in [-0.25, -0.2) is 4.39 Å². The third kappa shape index (κ3) is 4.79. The summed E-state index contributed by atoms with van der Waals surface area (Å²) in [6, 6.07) is 6.90. The Morgan fingerprint density at radius 1 is 1.33 bits per heavy atom. The van der Waals surface area contributed by atoms with Crippen molar-refractivity contribution >= 4 is 0 Å². The van der Waals surface area contributed by atoms with E-state index >= 15 is 0 Å². The van der Waals surface area contributed by atoms with Gasteiger partial charge >= 0.3 is 0 Å². The van der Waals surface area contributed by atoms with Gasteiger partial charge in [0.15, 0.2) is 0 Å². The van der Waals surface area contributed by atoms with Crippen LogP contribution in [0.1, 0.15) is 57.6 Å². The van der Waals surface area contributed by atoms with Gasteiger partial charge in [-0.3, -0.25) is 0 Å². The summed E-state index contributed by atoms with van der Waals surface area (Å²) >= 11 is 0. The van der Waals surface area contributed by atoms with Gasteiger partial charge in [0.2, 0.25) is 0 Å². The van der Waals surface area contributed by atoms with Crippen LogP contribution in [0.4, 0.5) is 4.39 Å². The Bertz CT molecular complexity index is 450. The summed E-state index contributed by atoms with van der Waals surface area (Å²) < 4.78 is 13.2. The third-order valence-electron chi connectivity index (χ3n) is 4.92. The normalized spacial score (nSPS) is 20.7. The molecule has 0 saturated heterocycles. The predicted molar refractivity (Wildman–Crippen MR) is 84.6 cm³/mol. The summed E-state index contributed by atoms with van der Waals surface area (Å²) in [4.78, 5) is 2.36. The lowest BCUT2D eigenvalue weighted by Crippen LogP contribution is -2.38. The first kappa shape index (κ1) is 16.4. The molecular formula is C18H28FNO. The fourth-order valence-corrected chi connectivity index (χ4v) is 3.21. The summed E-state index contributed by atoms with van der Waals surface area (Å²) in [6.07, 6.45) is 5.09. The average Bonchev–Trinajstić information content (AvgIpc) is 2.44. The Morgan fingerprint density at radius 2 is 2.00 bits per heavy atom. The molecule has 2 rings (SSSR count). The standard InChI is InChI=1S/C18H28FNO/c1-18(2)10-7-16(8-11-18)20(3)12-9-17(21)14-5-4-6-15(19)13-14/h4-6,13,16-17,21H,7-12H2,1-3H3. The molecule has 1 unspecified atom stereocenters. The van der Waals surface area contributed by atoms with E-state index in [0.717, 1.165) is 6.54 Å².